The molecule has 1 fully saturated rings. The smallest absolute Gasteiger partial charge is 0.185 e. The van der Waals surface area contributed by atoms with Gasteiger partial charge in [0, 0.05) is 18.8 Å². The lowest BCUT2D eigenvalue weighted by Crippen LogP contribution is -2.28. The van der Waals surface area contributed by atoms with E-state index in [-0.39, 0.29) is 35.8 Å². The predicted molar refractivity (Wildman–Crippen MR) is 121 cm³/mol. The third-order valence-corrected chi connectivity index (χ3v) is 6.75. The molecule has 2 unspecified atom stereocenters. The van der Waals surface area contributed by atoms with Crippen LogP contribution in [-0.4, -0.2) is 15.8 Å². The van der Waals surface area contributed by atoms with Crippen LogP contribution in [-0.2, 0) is 6.42 Å². The summed E-state index contributed by atoms with van der Waals surface area (Å²) in [6.45, 7) is 4.16. The van der Waals surface area contributed by atoms with Gasteiger partial charge in [-0.2, -0.15) is 5.26 Å². The van der Waals surface area contributed by atoms with E-state index in [2.05, 4.69) is 29.9 Å². The molecule has 0 saturated heterocycles. The average Bonchev–Trinajstić information content (AvgIpc) is 2.80. The number of nitriles is 1. The van der Waals surface area contributed by atoms with Crippen molar-refractivity contribution in [2.24, 2.45) is 17.8 Å². The molecule has 0 N–H and O–H groups in total. The number of pyridine rings is 2. The van der Waals surface area contributed by atoms with Crippen LogP contribution in [0.5, 0.6) is 0 Å². The second-order valence-electron chi connectivity index (χ2n) is 9.08. The van der Waals surface area contributed by atoms with Crippen molar-refractivity contribution in [2.75, 3.05) is 0 Å². The summed E-state index contributed by atoms with van der Waals surface area (Å²) < 4.78 is 42.8. The van der Waals surface area contributed by atoms with Crippen LogP contribution in [0.2, 0.25) is 0 Å². The van der Waals surface area contributed by atoms with E-state index < -0.39 is 34.5 Å². The van der Waals surface area contributed by atoms with Crippen molar-refractivity contribution < 1.29 is 18.0 Å². The molecule has 174 valence electrons. The molecule has 1 aliphatic carbocycles. The van der Waals surface area contributed by atoms with E-state index in [0.29, 0.717) is 0 Å². The molecule has 2 aromatic heterocycles. The molecule has 1 aliphatic rings. The molecule has 0 spiro atoms. The third-order valence-electron chi connectivity index (χ3n) is 6.75. The Morgan fingerprint density at radius 2 is 1.71 bits per heavy atom. The van der Waals surface area contributed by atoms with Crippen LogP contribution >= 0.6 is 0 Å². The Morgan fingerprint density at radius 1 is 1.03 bits per heavy atom. The van der Waals surface area contributed by atoms with Gasteiger partial charge < -0.3 is 0 Å². The molecule has 2 heterocycles. The van der Waals surface area contributed by atoms with Gasteiger partial charge in [-0.3, -0.25) is 9.78 Å². The van der Waals surface area contributed by atoms with Crippen LogP contribution in [0, 0.1) is 46.5 Å². The number of rotatable bonds is 5. The zero-order valence-electron chi connectivity index (χ0n) is 18.9. The SMILES string of the molecule is C[C@@H]1CC(c2ccncc2CC(=O)c2ccc(F)c(-c3c(F)cccc3F)n2)C[C@H](C)C1C#N. The molecule has 4 atom stereocenters. The highest BCUT2D eigenvalue weighted by molar-refractivity contribution is 5.96. The van der Waals surface area contributed by atoms with E-state index in [1.165, 1.54) is 12.1 Å². The van der Waals surface area contributed by atoms with Crippen molar-refractivity contribution in [3.63, 3.8) is 0 Å². The maximum absolute atomic E-state index is 14.4. The molecule has 34 heavy (non-hydrogen) atoms. The molecular weight excluding hydrogens is 439 g/mol. The van der Waals surface area contributed by atoms with Crippen LogP contribution in [0.4, 0.5) is 13.2 Å². The van der Waals surface area contributed by atoms with Crippen molar-refractivity contribution in [2.45, 2.75) is 39.0 Å². The maximum atomic E-state index is 14.4. The Labute approximate surface area is 196 Å². The first-order chi connectivity index (χ1) is 16.3. The van der Waals surface area contributed by atoms with E-state index >= 15 is 0 Å². The van der Waals surface area contributed by atoms with Crippen LogP contribution in [0.25, 0.3) is 11.3 Å². The Morgan fingerprint density at radius 3 is 2.35 bits per heavy atom. The van der Waals surface area contributed by atoms with Gasteiger partial charge in [0.05, 0.1) is 17.6 Å². The van der Waals surface area contributed by atoms with Gasteiger partial charge in [0.15, 0.2) is 5.78 Å². The van der Waals surface area contributed by atoms with Gasteiger partial charge in [0.1, 0.15) is 28.8 Å². The fourth-order valence-electron chi connectivity index (χ4n) is 5.10. The van der Waals surface area contributed by atoms with Gasteiger partial charge in [-0.15, -0.1) is 0 Å². The Bertz CT molecular complexity index is 1240. The number of hydrogen-bond acceptors (Lipinski definition) is 4. The number of Topliss-reactive ketones (excluding diaryl/α,β-unsaturated/α-hetero) is 1. The lowest BCUT2D eigenvalue weighted by molar-refractivity contribution is 0.0987. The summed E-state index contributed by atoms with van der Waals surface area (Å²) in [6, 6.07) is 9.74. The molecule has 4 rings (SSSR count). The second-order valence-corrected chi connectivity index (χ2v) is 9.08. The Balaban J connectivity index is 1.62. The Hall–Kier alpha value is -3.53. The van der Waals surface area contributed by atoms with Crippen molar-refractivity contribution in [3.8, 4) is 17.3 Å². The summed E-state index contributed by atoms with van der Waals surface area (Å²) in [7, 11) is 0. The number of carbonyl (C=O) groups excluding carboxylic acids is 1. The van der Waals surface area contributed by atoms with Crippen molar-refractivity contribution in [1.82, 2.24) is 9.97 Å². The van der Waals surface area contributed by atoms with Crippen molar-refractivity contribution >= 4 is 5.78 Å². The highest BCUT2D eigenvalue weighted by Crippen LogP contribution is 2.43. The minimum Gasteiger partial charge on any atom is -0.292 e. The molecule has 1 saturated carbocycles. The largest absolute Gasteiger partial charge is 0.292 e. The summed E-state index contributed by atoms with van der Waals surface area (Å²) in [4.78, 5) is 21.3. The molecule has 0 aliphatic heterocycles. The standard InChI is InChI=1S/C27H24F3N3O/c1-15-10-17(11-16(2)20(15)13-31)19-8-9-32-14-18(19)12-25(34)24-7-6-23(30)27(33-24)26-21(28)4-3-5-22(26)29/h3-9,14-17,20H,10-12H2,1-2H3/t15-,16+,17?,20?. The lowest BCUT2D eigenvalue weighted by atomic mass is 9.67. The highest BCUT2D eigenvalue weighted by Gasteiger charge is 2.34. The molecule has 0 radical (unpaired) electrons. The second kappa shape index (κ2) is 9.76. The number of carbonyl (C=O) groups is 1. The molecular formula is C27H24F3N3O. The molecule has 0 bridgehead atoms. The van der Waals surface area contributed by atoms with Gasteiger partial charge in [-0.05, 0) is 72.1 Å². The van der Waals surface area contributed by atoms with Crippen molar-refractivity contribution in [3.05, 3.63) is 83.1 Å². The number of halogens is 3. The van der Waals surface area contributed by atoms with Gasteiger partial charge in [0.2, 0.25) is 0 Å². The summed E-state index contributed by atoms with van der Waals surface area (Å²) in [5, 5.41) is 9.46. The minimum absolute atomic E-state index is 0.00350. The summed E-state index contributed by atoms with van der Waals surface area (Å²) in [5.74, 6) is -2.59. The zero-order chi connectivity index (χ0) is 24.4. The first-order valence-electron chi connectivity index (χ1n) is 11.3. The Kier molecular flexibility index (Phi) is 6.78. The average molecular weight is 464 g/mol. The number of ketones is 1. The van der Waals surface area contributed by atoms with Gasteiger partial charge in [-0.1, -0.05) is 19.9 Å². The molecule has 1 aromatic carbocycles. The van der Waals surface area contributed by atoms with E-state index in [0.717, 1.165) is 42.2 Å². The minimum atomic E-state index is -0.957. The van der Waals surface area contributed by atoms with Crippen molar-refractivity contribution in [1.29, 1.82) is 5.26 Å². The zero-order valence-corrected chi connectivity index (χ0v) is 18.9. The lowest BCUT2D eigenvalue weighted by Gasteiger charge is -2.36. The fraction of sp³-hybridized carbons (Fsp3) is 0.333. The third kappa shape index (κ3) is 4.58. The predicted octanol–water partition coefficient (Wildman–Crippen LogP) is 6.28. The van der Waals surface area contributed by atoms with Crippen LogP contribution < -0.4 is 0 Å². The molecule has 0 amide bonds. The number of hydrogen-bond donors (Lipinski definition) is 0. The number of aromatic nitrogens is 2. The maximum Gasteiger partial charge on any atom is 0.185 e. The first-order valence-corrected chi connectivity index (χ1v) is 11.3. The van der Waals surface area contributed by atoms with E-state index in [1.807, 2.05) is 6.07 Å². The van der Waals surface area contributed by atoms with Gasteiger partial charge in [-0.25, -0.2) is 18.2 Å². The monoisotopic (exact) mass is 463 g/mol. The van der Waals surface area contributed by atoms with Gasteiger partial charge in [0.25, 0.3) is 0 Å². The topological polar surface area (TPSA) is 66.6 Å². The highest BCUT2D eigenvalue weighted by atomic mass is 19.1. The quantitative estimate of drug-likeness (QED) is 0.418. The van der Waals surface area contributed by atoms with E-state index in [4.69, 9.17) is 0 Å². The van der Waals surface area contributed by atoms with Crippen LogP contribution in [0.15, 0.2) is 48.8 Å². The fourth-order valence-corrected chi connectivity index (χ4v) is 5.10. The number of benzene rings is 1. The first kappa shape index (κ1) is 23.6. The normalized spacial score (nSPS) is 22.2. The summed E-state index contributed by atoms with van der Waals surface area (Å²) in [5.41, 5.74) is 0.515. The summed E-state index contributed by atoms with van der Waals surface area (Å²) in [6.07, 6.45) is 4.96. The van der Waals surface area contributed by atoms with E-state index in [1.54, 1.807) is 12.4 Å². The number of nitrogens with zero attached hydrogens (tertiary/aromatic N) is 3. The molecule has 3 aromatic rings. The van der Waals surface area contributed by atoms with Crippen LogP contribution in [0.3, 0.4) is 0 Å². The molecule has 4 nitrogen and oxygen atoms in total. The van der Waals surface area contributed by atoms with Crippen LogP contribution in [0.1, 0.15) is 54.2 Å². The molecule has 7 heteroatoms. The van der Waals surface area contributed by atoms with Gasteiger partial charge >= 0.3 is 0 Å². The van der Waals surface area contributed by atoms with E-state index in [9.17, 15) is 23.2 Å². The summed E-state index contributed by atoms with van der Waals surface area (Å²) >= 11 is 0.